The third-order valence-corrected chi connectivity index (χ3v) is 24.0. The first-order chi connectivity index (χ1) is 53.0. The van der Waals surface area contributed by atoms with E-state index in [1.807, 2.05) is 62.3 Å². The zero-order valence-corrected chi connectivity index (χ0v) is 66.2. The van der Waals surface area contributed by atoms with Crippen molar-refractivity contribution in [1.29, 1.82) is 0 Å². The highest BCUT2D eigenvalue weighted by Crippen LogP contribution is 2.48. The molecule has 6 N–H and O–H groups in total. The second kappa shape index (κ2) is 31.0. The van der Waals surface area contributed by atoms with Gasteiger partial charge in [-0.15, -0.1) is 34.0 Å². The van der Waals surface area contributed by atoms with Crippen molar-refractivity contribution < 1.29 is 44.8 Å². The summed E-state index contributed by atoms with van der Waals surface area (Å²) in [6.45, 7) is 20.0. The molecule has 112 heavy (non-hydrogen) atoms. The lowest BCUT2D eigenvalue weighted by atomic mass is 9.98. The highest BCUT2D eigenvalue weighted by atomic mass is 35.5. The van der Waals surface area contributed by atoms with E-state index in [2.05, 4.69) is 29.9 Å². The number of thiazole rings is 3. The topological polar surface area (TPSA) is 299 Å². The Hall–Kier alpha value is -11.5. The van der Waals surface area contributed by atoms with Crippen molar-refractivity contribution in [3.63, 3.8) is 0 Å². The number of nitrogen functional groups attached to an aromatic ring is 3. The molecule has 6 amide bonds. The van der Waals surface area contributed by atoms with E-state index in [-0.39, 0.29) is 86.0 Å². The number of hydrogen-bond donors (Lipinski definition) is 3. The third-order valence-electron chi connectivity index (χ3n) is 18.1. The molecule has 0 unspecified atom stereocenters. The molecule has 23 nitrogen and oxygen atoms in total. The number of anilines is 9. The molecule has 0 aliphatic carbocycles. The highest BCUT2D eigenvalue weighted by Gasteiger charge is 2.39. The van der Waals surface area contributed by atoms with Gasteiger partial charge in [0.2, 0.25) is 17.8 Å². The fourth-order valence-electron chi connectivity index (χ4n) is 12.4. The smallest absolute Gasteiger partial charge is 0.329 e. The summed E-state index contributed by atoms with van der Waals surface area (Å²) >= 11 is 10.0. The number of carbonyl (C=O) groups excluding carboxylic acids is 3. The maximum Gasteiger partial charge on any atom is 0.329 e. The normalized spacial score (nSPS) is 14.2. The van der Waals surface area contributed by atoms with Crippen molar-refractivity contribution in [2.75, 3.05) is 92.1 Å². The summed E-state index contributed by atoms with van der Waals surface area (Å²) in [4.78, 5) is 89.5. The van der Waals surface area contributed by atoms with E-state index >= 15 is 13.2 Å². The number of sulfone groups is 1. The van der Waals surface area contributed by atoms with E-state index < -0.39 is 45.2 Å². The Morgan fingerprint density at radius 3 is 1.01 bits per heavy atom. The molecular weight excluding hydrogens is 1540 g/mol. The van der Waals surface area contributed by atoms with E-state index in [0.29, 0.717) is 109 Å². The second-order valence-corrected chi connectivity index (χ2v) is 34.7. The molecule has 0 saturated carbocycles. The van der Waals surface area contributed by atoms with Crippen molar-refractivity contribution in [2.24, 2.45) is 0 Å². The first-order valence-corrected chi connectivity index (χ1v) is 39.7. The molecule has 3 aliphatic rings. The Morgan fingerprint density at radius 2 is 0.705 bits per heavy atom. The number of halogens is 6. The van der Waals surface area contributed by atoms with Crippen LogP contribution < -0.4 is 46.6 Å². The van der Waals surface area contributed by atoms with Gasteiger partial charge in [0, 0.05) is 114 Å². The molecule has 0 bridgehead atoms. The molecule has 6 aromatic heterocycles. The minimum absolute atomic E-state index is 0.0882. The van der Waals surface area contributed by atoms with Crippen molar-refractivity contribution >= 4 is 126 Å². The Bertz CT molecular complexity index is 5760. The van der Waals surface area contributed by atoms with Gasteiger partial charge in [0.05, 0.1) is 73.7 Å². The number of benzene rings is 6. The van der Waals surface area contributed by atoms with E-state index in [0.717, 1.165) is 21.3 Å². The Kier molecular flexibility index (Phi) is 21.8. The van der Waals surface area contributed by atoms with Crippen LogP contribution in [0, 0.1) is 29.1 Å². The molecule has 6 aromatic carbocycles. The van der Waals surface area contributed by atoms with Crippen LogP contribution in [-0.4, -0.2) is 117 Å². The molecule has 9 heterocycles. The van der Waals surface area contributed by atoms with Crippen LogP contribution in [0.5, 0.6) is 0 Å². The van der Waals surface area contributed by atoms with Crippen LogP contribution in [0.4, 0.5) is 88.3 Å². The number of urea groups is 3. The lowest BCUT2D eigenvalue weighted by Crippen LogP contribution is -2.32. The van der Waals surface area contributed by atoms with Crippen molar-refractivity contribution in [2.45, 2.75) is 83.5 Å². The summed E-state index contributed by atoms with van der Waals surface area (Å²) in [7, 11) is -3.36. The predicted molar refractivity (Wildman–Crippen MR) is 433 cm³/mol. The fourth-order valence-corrected chi connectivity index (χ4v) is 16.6. The predicted octanol–water partition coefficient (Wildman–Crippen LogP) is 17.5. The molecule has 3 aliphatic heterocycles. The molecule has 0 radical (unpaired) electrons. The largest absolute Gasteiger partial charge is 0.368 e. The van der Waals surface area contributed by atoms with E-state index in [9.17, 15) is 31.6 Å². The van der Waals surface area contributed by atoms with Crippen LogP contribution >= 0.6 is 45.6 Å². The summed E-state index contributed by atoms with van der Waals surface area (Å²) in [5, 5.41) is 2.33. The monoisotopic (exact) mass is 1610 g/mol. The summed E-state index contributed by atoms with van der Waals surface area (Å²) < 4.78 is 99.0. The number of nitrogens with two attached hydrogens (primary N) is 3. The molecule has 12 aromatic rings. The van der Waals surface area contributed by atoms with Gasteiger partial charge in [-0.05, 0) is 103 Å². The minimum atomic E-state index is -3.36. The van der Waals surface area contributed by atoms with Gasteiger partial charge < -0.3 is 17.2 Å². The lowest BCUT2D eigenvalue weighted by Gasteiger charge is -2.20. The zero-order valence-electron chi connectivity index (χ0n) is 62.1. The van der Waals surface area contributed by atoms with Crippen LogP contribution in [0.2, 0.25) is 5.02 Å². The van der Waals surface area contributed by atoms with Gasteiger partial charge in [0.15, 0.2) is 27.3 Å². The van der Waals surface area contributed by atoms with Crippen molar-refractivity contribution in [3.8, 4) is 65.5 Å². The summed E-state index contributed by atoms with van der Waals surface area (Å²) in [5.74, 6) is -2.32. The third kappa shape index (κ3) is 16.2. The number of carbonyl (C=O) groups is 3. The van der Waals surface area contributed by atoms with Crippen molar-refractivity contribution in [1.82, 2.24) is 44.9 Å². The Labute approximate surface area is 659 Å². The van der Waals surface area contributed by atoms with Crippen LogP contribution in [0.1, 0.15) is 77.3 Å². The Morgan fingerprint density at radius 1 is 0.402 bits per heavy atom. The molecular formula is C79H74ClF5N18O5S4. The molecule has 3 saturated heterocycles. The average molecular weight is 1610 g/mol. The van der Waals surface area contributed by atoms with Crippen LogP contribution in [0.15, 0.2) is 163 Å². The fraction of sp³-hybridized carbons (Fsp3) is 0.241. The van der Waals surface area contributed by atoms with Gasteiger partial charge in [0.1, 0.15) is 28.7 Å². The molecule has 0 atom stereocenters. The average Bonchev–Trinajstić information content (AvgIpc) is 1.72. The zero-order chi connectivity index (χ0) is 80.2. The molecule has 15 rings (SSSR count). The van der Waals surface area contributed by atoms with Crippen molar-refractivity contribution in [3.05, 3.63) is 207 Å². The van der Waals surface area contributed by atoms with Gasteiger partial charge in [0.25, 0.3) is 0 Å². The SMILES string of the molecule is CC(C)(C)c1nc(-c2ccnc(N)n2)c(-c2cccc(N3CCN(c4ccc(F)c(Cl)c4)C3=O)c2F)s1.CC(C)(C)c1nc(-c2ccnc(N)n2)c(-c2cccc(N3CCN(c4ccc(F)cc4)C3=O)c2F)s1.CC(C)(C)c1nc(-c2ccnc(N)n2)c(-c2cccc(N3CCN(c4ccc(S(C)(=O)=O)cc4)C3=O)c2F)s1. The second-order valence-electron chi connectivity index (χ2n) is 29.3. The van der Waals surface area contributed by atoms with Crippen LogP contribution in [-0.2, 0) is 26.1 Å². The van der Waals surface area contributed by atoms with Gasteiger partial charge in [-0.1, -0.05) is 110 Å². The number of rotatable bonds is 13. The molecule has 0 spiro atoms. The number of amides is 6. The molecule has 3 fully saturated rings. The minimum Gasteiger partial charge on any atom is -0.368 e. The van der Waals surface area contributed by atoms with E-state index in [4.69, 9.17) is 43.8 Å². The lowest BCUT2D eigenvalue weighted by molar-refractivity contribution is 0.255. The first-order valence-electron chi connectivity index (χ1n) is 35.0. The summed E-state index contributed by atoms with van der Waals surface area (Å²) in [6.07, 6.45) is 5.73. The number of nitrogens with zero attached hydrogens (tertiary/aromatic N) is 15. The van der Waals surface area contributed by atoms with Crippen LogP contribution in [0.25, 0.3) is 65.5 Å². The molecule has 576 valence electrons. The van der Waals surface area contributed by atoms with E-state index in [1.54, 1.807) is 84.9 Å². The van der Waals surface area contributed by atoms with E-state index in [1.165, 1.54) is 137 Å². The Balaban J connectivity index is 0.000000147. The van der Waals surface area contributed by atoms with Gasteiger partial charge >= 0.3 is 18.1 Å². The number of aromatic nitrogens is 9. The number of hydrogen-bond acceptors (Lipinski definition) is 20. The quantitative estimate of drug-likeness (QED) is 0.0904. The standard InChI is InChI=1S/C27H27FN6O3S2.C26H23ClF2N6OS.C26H24F2N6OS/c1-27(2,3)24-32-22(19-12-13-30-25(29)31-19)23(38-24)18-6-5-7-20(21(18)28)34-15-14-33(26(34)35)16-8-10-17(11-9-16)39(4,36)37;1-26(2,3)23-33-21(18-9-10-31-24(30)32-18)22(37-23)15-5-4-6-19(20(15)29)35-12-11-34(25(35)36)14-7-8-17(28)16(27)13-14;1-26(2,3)23-32-21(18-11-12-30-24(29)31-18)22(36-23)17-5-4-6-19(20(17)28)34-14-13-33(25(34)35)16-9-7-15(27)8-10-16/h5-13H,14-15H2,1-4H3,(H2,29,30,31);4-10,13H,11-12H2,1-3H3,(H2,30,31,32);4-12H,13-14H2,1-3H3,(H2,29,30,31). The van der Waals surface area contributed by atoms with Gasteiger partial charge in [-0.2, -0.15) is 0 Å². The summed E-state index contributed by atoms with van der Waals surface area (Å²) in [6, 6.07) is 34.5. The van der Waals surface area contributed by atoms with Crippen LogP contribution in [0.3, 0.4) is 0 Å². The maximum absolute atomic E-state index is 16.2. The highest BCUT2D eigenvalue weighted by molar-refractivity contribution is 7.90. The van der Waals surface area contributed by atoms with Gasteiger partial charge in [-0.25, -0.2) is 89.6 Å². The molecule has 33 heteroatoms. The maximum atomic E-state index is 16.2. The van der Waals surface area contributed by atoms with Gasteiger partial charge in [-0.3, -0.25) is 29.4 Å². The summed E-state index contributed by atoms with van der Waals surface area (Å²) in [5.41, 5.74) is 22.5. The first kappa shape index (κ1) is 78.7.